The second-order valence-corrected chi connectivity index (χ2v) is 3.92. The summed E-state index contributed by atoms with van der Waals surface area (Å²) >= 11 is 0. The van der Waals surface area contributed by atoms with Crippen LogP contribution in [0.2, 0.25) is 0 Å². The summed E-state index contributed by atoms with van der Waals surface area (Å²) in [6.45, 7) is 3.92. The van der Waals surface area contributed by atoms with E-state index in [9.17, 15) is 4.79 Å². The number of likely N-dealkylation sites (N-methyl/N-ethyl adjacent to an activating group) is 1. The molecule has 1 unspecified atom stereocenters. The number of rotatable bonds is 4. The molecular formula is C13H19NO2. The molecule has 88 valence electrons. The van der Waals surface area contributed by atoms with Crippen LogP contribution in [0.1, 0.15) is 25.0 Å². The summed E-state index contributed by atoms with van der Waals surface area (Å²) in [5.74, 6) is -0.278. The SMILES string of the molecule is CCc1ccc(C(C)(NC)C(=O)OC)cc1. The van der Waals surface area contributed by atoms with Gasteiger partial charge < -0.3 is 10.1 Å². The Balaban J connectivity index is 3.07. The maximum absolute atomic E-state index is 11.7. The van der Waals surface area contributed by atoms with Crippen molar-refractivity contribution in [1.82, 2.24) is 5.32 Å². The van der Waals surface area contributed by atoms with Crippen LogP contribution in [0.25, 0.3) is 0 Å². The van der Waals surface area contributed by atoms with Crippen LogP contribution < -0.4 is 5.32 Å². The number of esters is 1. The van der Waals surface area contributed by atoms with Crippen LogP contribution in [0, 0.1) is 0 Å². The van der Waals surface area contributed by atoms with E-state index in [0.29, 0.717) is 0 Å². The molecule has 0 heterocycles. The fraction of sp³-hybridized carbons (Fsp3) is 0.462. The van der Waals surface area contributed by atoms with Gasteiger partial charge in [0, 0.05) is 0 Å². The van der Waals surface area contributed by atoms with Gasteiger partial charge in [-0.3, -0.25) is 0 Å². The summed E-state index contributed by atoms with van der Waals surface area (Å²) in [6, 6.07) is 8.00. The van der Waals surface area contributed by atoms with Gasteiger partial charge in [0.25, 0.3) is 0 Å². The van der Waals surface area contributed by atoms with Gasteiger partial charge in [-0.15, -0.1) is 0 Å². The highest BCUT2D eigenvalue weighted by Crippen LogP contribution is 2.22. The second-order valence-electron chi connectivity index (χ2n) is 3.92. The number of carbonyl (C=O) groups is 1. The van der Waals surface area contributed by atoms with Crippen molar-refractivity contribution in [3.05, 3.63) is 35.4 Å². The highest BCUT2D eigenvalue weighted by Gasteiger charge is 2.34. The molecule has 1 N–H and O–H groups in total. The molecule has 0 amide bonds. The third-order valence-electron chi connectivity index (χ3n) is 3.03. The number of hydrogen-bond acceptors (Lipinski definition) is 3. The third-order valence-corrected chi connectivity index (χ3v) is 3.03. The van der Waals surface area contributed by atoms with Crippen molar-refractivity contribution >= 4 is 5.97 Å². The number of hydrogen-bond donors (Lipinski definition) is 1. The Hall–Kier alpha value is -1.35. The highest BCUT2D eigenvalue weighted by atomic mass is 16.5. The average molecular weight is 221 g/mol. The van der Waals surface area contributed by atoms with Gasteiger partial charge in [0.15, 0.2) is 0 Å². The number of ether oxygens (including phenoxy) is 1. The normalized spacial score (nSPS) is 14.2. The lowest BCUT2D eigenvalue weighted by Crippen LogP contribution is -2.45. The predicted octanol–water partition coefficient (Wildman–Crippen LogP) is 1.86. The molecule has 0 fully saturated rings. The molecule has 0 radical (unpaired) electrons. The Kier molecular flexibility index (Phi) is 4.07. The second kappa shape index (κ2) is 5.12. The van der Waals surface area contributed by atoms with Gasteiger partial charge in [-0.1, -0.05) is 31.2 Å². The summed E-state index contributed by atoms with van der Waals surface area (Å²) < 4.78 is 4.82. The first-order valence-electron chi connectivity index (χ1n) is 5.45. The van der Waals surface area contributed by atoms with Crippen LogP contribution in [0.5, 0.6) is 0 Å². The molecule has 1 atom stereocenters. The fourth-order valence-electron chi connectivity index (χ4n) is 1.64. The van der Waals surface area contributed by atoms with Crippen molar-refractivity contribution in [2.24, 2.45) is 0 Å². The minimum Gasteiger partial charge on any atom is -0.467 e. The van der Waals surface area contributed by atoms with Gasteiger partial charge in [0.1, 0.15) is 5.54 Å². The van der Waals surface area contributed by atoms with Crippen LogP contribution in [0.15, 0.2) is 24.3 Å². The fourth-order valence-corrected chi connectivity index (χ4v) is 1.64. The van der Waals surface area contributed by atoms with Crippen molar-refractivity contribution < 1.29 is 9.53 Å². The number of benzene rings is 1. The highest BCUT2D eigenvalue weighted by molar-refractivity contribution is 5.82. The molecular weight excluding hydrogens is 202 g/mol. The Bertz CT molecular complexity index is 359. The van der Waals surface area contributed by atoms with Crippen molar-refractivity contribution in [3.8, 4) is 0 Å². The van der Waals surface area contributed by atoms with Crippen LogP contribution in [0.3, 0.4) is 0 Å². The smallest absolute Gasteiger partial charge is 0.330 e. The van der Waals surface area contributed by atoms with E-state index in [0.717, 1.165) is 12.0 Å². The van der Waals surface area contributed by atoms with E-state index in [1.807, 2.05) is 31.2 Å². The molecule has 1 aromatic rings. The van der Waals surface area contributed by atoms with Crippen molar-refractivity contribution in [2.45, 2.75) is 25.8 Å². The Labute approximate surface area is 96.8 Å². The number of nitrogens with one attached hydrogen (secondary N) is 1. The Morgan fingerprint density at radius 2 is 1.94 bits per heavy atom. The van der Waals surface area contributed by atoms with Crippen molar-refractivity contribution in [3.63, 3.8) is 0 Å². The lowest BCUT2D eigenvalue weighted by atomic mass is 9.91. The number of aryl methyl sites for hydroxylation is 1. The topological polar surface area (TPSA) is 38.3 Å². The third kappa shape index (κ3) is 2.25. The minimum atomic E-state index is -0.777. The van der Waals surface area contributed by atoms with E-state index in [1.165, 1.54) is 12.7 Å². The summed E-state index contributed by atoms with van der Waals surface area (Å²) in [5.41, 5.74) is 1.40. The lowest BCUT2D eigenvalue weighted by Gasteiger charge is -2.26. The molecule has 0 aliphatic carbocycles. The van der Waals surface area contributed by atoms with Gasteiger partial charge in [-0.25, -0.2) is 4.79 Å². The zero-order chi connectivity index (χ0) is 12.2. The monoisotopic (exact) mass is 221 g/mol. The van der Waals surface area contributed by atoms with Gasteiger partial charge >= 0.3 is 5.97 Å². The van der Waals surface area contributed by atoms with Crippen LogP contribution in [-0.4, -0.2) is 20.1 Å². The van der Waals surface area contributed by atoms with E-state index in [1.54, 1.807) is 7.05 Å². The van der Waals surface area contributed by atoms with Gasteiger partial charge in [0.05, 0.1) is 7.11 Å². The number of methoxy groups -OCH3 is 1. The maximum Gasteiger partial charge on any atom is 0.330 e. The molecule has 0 spiro atoms. The first-order valence-corrected chi connectivity index (χ1v) is 5.45. The molecule has 0 aromatic heterocycles. The van der Waals surface area contributed by atoms with Crippen LogP contribution >= 0.6 is 0 Å². The molecule has 3 heteroatoms. The molecule has 3 nitrogen and oxygen atoms in total. The van der Waals surface area contributed by atoms with E-state index in [4.69, 9.17) is 4.74 Å². The Morgan fingerprint density at radius 3 is 2.31 bits per heavy atom. The zero-order valence-corrected chi connectivity index (χ0v) is 10.3. The van der Waals surface area contributed by atoms with Crippen LogP contribution in [-0.2, 0) is 21.5 Å². The molecule has 0 saturated carbocycles. The molecule has 0 bridgehead atoms. The standard InChI is InChI=1S/C13H19NO2/c1-5-10-6-8-11(9-7-10)13(2,14-3)12(15)16-4/h6-9,14H,5H2,1-4H3. The minimum absolute atomic E-state index is 0.278. The maximum atomic E-state index is 11.7. The Morgan fingerprint density at radius 1 is 1.38 bits per heavy atom. The molecule has 0 aliphatic heterocycles. The predicted molar refractivity (Wildman–Crippen MR) is 64.2 cm³/mol. The quantitative estimate of drug-likeness (QED) is 0.789. The van der Waals surface area contributed by atoms with Crippen LogP contribution in [0.4, 0.5) is 0 Å². The summed E-state index contributed by atoms with van der Waals surface area (Å²) in [4.78, 5) is 11.7. The van der Waals surface area contributed by atoms with E-state index >= 15 is 0 Å². The first kappa shape index (κ1) is 12.7. The summed E-state index contributed by atoms with van der Waals surface area (Å²) in [5, 5.41) is 3.01. The van der Waals surface area contributed by atoms with Gasteiger partial charge in [-0.05, 0) is 31.5 Å². The summed E-state index contributed by atoms with van der Waals surface area (Å²) in [7, 11) is 3.16. The molecule has 0 aliphatic rings. The zero-order valence-electron chi connectivity index (χ0n) is 10.3. The molecule has 16 heavy (non-hydrogen) atoms. The summed E-state index contributed by atoms with van der Waals surface area (Å²) in [6.07, 6.45) is 0.995. The molecule has 1 rings (SSSR count). The largest absolute Gasteiger partial charge is 0.467 e. The average Bonchev–Trinajstić information content (AvgIpc) is 2.36. The van der Waals surface area contributed by atoms with Crippen molar-refractivity contribution in [1.29, 1.82) is 0 Å². The number of carbonyl (C=O) groups excluding carboxylic acids is 1. The van der Waals surface area contributed by atoms with Gasteiger partial charge in [-0.2, -0.15) is 0 Å². The lowest BCUT2D eigenvalue weighted by molar-refractivity contribution is -0.148. The molecule has 1 aromatic carbocycles. The van der Waals surface area contributed by atoms with E-state index in [-0.39, 0.29) is 5.97 Å². The molecule has 0 saturated heterocycles. The van der Waals surface area contributed by atoms with Gasteiger partial charge in [0.2, 0.25) is 0 Å². The van der Waals surface area contributed by atoms with Crippen molar-refractivity contribution in [2.75, 3.05) is 14.2 Å². The van der Waals surface area contributed by atoms with E-state index < -0.39 is 5.54 Å². The first-order chi connectivity index (χ1) is 7.58. The van der Waals surface area contributed by atoms with E-state index in [2.05, 4.69) is 12.2 Å².